The van der Waals surface area contributed by atoms with Crippen LogP contribution in [0.3, 0.4) is 0 Å². The first-order chi connectivity index (χ1) is 18.9. The van der Waals surface area contributed by atoms with Crippen molar-refractivity contribution in [3.63, 3.8) is 0 Å². The van der Waals surface area contributed by atoms with Gasteiger partial charge in [-0.05, 0) is 48.5 Å². The summed E-state index contributed by atoms with van der Waals surface area (Å²) in [6, 6.07) is 23.7. The number of aromatic carboxylic acids is 1. The van der Waals surface area contributed by atoms with Gasteiger partial charge in [-0.25, -0.2) is 4.79 Å². The molecule has 0 atom stereocenters. The normalized spacial score (nSPS) is 12.1. The number of rotatable bonds is 7. The molecule has 0 bridgehead atoms. The molecule has 1 amide bonds. The highest BCUT2D eigenvalue weighted by atomic mass is 32.1. The molecule has 0 saturated carbocycles. The average molecular weight is 538 g/mol. The molecule has 5 aromatic rings. The molecule has 3 aromatic heterocycles. The summed E-state index contributed by atoms with van der Waals surface area (Å²) in [5.41, 5.74) is 0.685. The summed E-state index contributed by atoms with van der Waals surface area (Å²) >= 11 is 0.996. The predicted octanol–water partition coefficient (Wildman–Crippen LogP) is 3.27. The van der Waals surface area contributed by atoms with Gasteiger partial charge in [0, 0.05) is 11.6 Å². The predicted molar refractivity (Wildman–Crippen MR) is 143 cm³/mol. The Hall–Kier alpha value is -5.40. The van der Waals surface area contributed by atoms with E-state index in [4.69, 9.17) is 13.9 Å². The second-order valence-electron chi connectivity index (χ2n) is 8.23. The van der Waals surface area contributed by atoms with Gasteiger partial charge in [0.25, 0.3) is 11.5 Å². The van der Waals surface area contributed by atoms with Crippen LogP contribution in [0.4, 0.5) is 0 Å². The van der Waals surface area contributed by atoms with E-state index in [9.17, 15) is 19.6 Å². The van der Waals surface area contributed by atoms with E-state index in [1.807, 2.05) is 6.07 Å². The second-order valence-corrected chi connectivity index (χ2v) is 9.26. The van der Waals surface area contributed by atoms with Gasteiger partial charge in [-0.2, -0.15) is 5.26 Å². The molecule has 0 saturated heterocycles. The molecule has 39 heavy (non-hydrogen) atoms. The van der Waals surface area contributed by atoms with E-state index in [0.717, 1.165) is 11.3 Å². The van der Waals surface area contributed by atoms with Gasteiger partial charge in [-0.1, -0.05) is 30.3 Å². The molecule has 0 aliphatic rings. The molecule has 0 unspecified atom stereocenters. The number of carboxylic acid groups (broad SMARTS) is 1. The fraction of sp³-hybridized carbons (Fsp3) is 0.0345. The minimum Gasteiger partial charge on any atom is -0.478 e. The smallest absolute Gasteiger partial charge is 0.335 e. The largest absolute Gasteiger partial charge is 0.478 e. The molecule has 9 nitrogen and oxygen atoms in total. The van der Waals surface area contributed by atoms with Crippen LogP contribution in [0.2, 0.25) is 0 Å². The number of thiazole rings is 1. The van der Waals surface area contributed by atoms with Crippen LogP contribution >= 0.6 is 11.3 Å². The summed E-state index contributed by atoms with van der Waals surface area (Å²) < 4.78 is 12.9. The van der Waals surface area contributed by atoms with Crippen LogP contribution in [0, 0.1) is 11.3 Å². The summed E-state index contributed by atoms with van der Waals surface area (Å²) in [7, 11) is 0. The first kappa shape index (κ1) is 25.3. The Balaban J connectivity index is 1.59. The van der Waals surface area contributed by atoms with Crippen molar-refractivity contribution in [2.24, 2.45) is 0 Å². The van der Waals surface area contributed by atoms with E-state index in [0.29, 0.717) is 28.5 Å². The summed E-state index contributed by atoms with van der Waals surface area (Å²) in [5.74, 6) is -0.288. The average Bonchev–Trinajstić information content (AvgIpc) is 3.70. The monoisotopic (exact) mass is 537 g/mol. The van der Waals surface area contributed by atoms with Crippen molar-refractivity contribution in [1.82, 2.24) is 9.88 Å². The summed E-state index contributed by atoms with van der Waals surface area (Å²) in [4.78, 5) is 37.6. The van der Waals surface area contributed by atoms with Crippen LogP contribution in [0.5, 0.6) is 0 Å². The zero-order chi connectivity index (χ0) is 27.4. The van der Waals surface area contributed by atoms with Crippen LogP contribution < -0.4 is 20.1 Å². The Morgan fingerprint density at radius 3 is 2.46 bits per heavy atom. The van der Waals surface area contributed by atoms with Gasteiger partial charge < -0.3 is 19.3 Å². The third kappa shape index (κ3) is 5.34. The number of carbonyl (C=O) groups excluding carboxylic acids is 1. The highest BCUT2D eigenvalue weighted by Crippen LogP contribution is 2.23. The fourth-order valence-electron chi connectivity index (χ4n) is 3.82. The van der Waals surface area contributed by atoms with E-state index in [2.05, 4.69) is 5.32 Å². The van der Waals surface area contributed by atoms with Crippen LogP contribution in [0.1, 0.15) is 21.9 Å². The lowest BCUT2D eigenvalue weighted by Crippen LogP contribution is -2.33. The number of nitriles is 1. The van der Waals surface area contributed by atoms with Gasteiger partial charge in [0.1, 0.15) is 28.0 Å². The summed E-state index contributed by atoms with van der Waals surface area (Å²) in [6.45, 7) is 0.0829. The maximum absolute atomic E-state index is 13.5. The van der Waals surface area contributed by atoms with E-state index < -0.39 is 17.4 Å². The number of carbonyl (C=O) groups is 2. The molecule has 192 valence electrons. The molecule has 10 heteroatoms. The van der Waals surface area contributed by atoms with Gasteiger partial charge in [-0.3, -0.25) is 14.2 Å². The number of hydrogen-bond donors (Lipinski definition) is 2. The molecule has 0 spiro atoms. The van der Waals surface area contributed by atoms with Crippen molar-refractivity contribution < 1.29 is 23.5 Å². The highest BCUT2D eigenvalue weighted by molar-refractivity contribution is 7.07. The lowest BCUT2D eigenvalue weighted by atomic mass is 10.1. The van der Waals surface area contributed by atoms with Crippen molar-refractivity contribution in [2.45, 2.75) is 6.54 Å². The highest BCUT2D eigenvalue weighted by Gasteiger charge is 2.17. The van der Waals surface area contributed by atoms with E-state index >= 15 is 0 Å². The number of amides is 1. The van der Waals surface area contributed by atoms with Crippen LogP contribution in [-0.2, 0) is 11.3 Å². The third-order valence-corrected chi connectivity index (χ3v) is 6.80. The Morgan fingerprint density at radius 1 is 1.03 bits per heavy atom. The Kier molecular flexibility index (Phi) is 7.07. The first-order valence-corrected chi connectivity index (χ1v) is 12.4. The number of hydrogen-bond acceptors (Lipinski definition) is 7. The maximum atomic E-state index is 13.5. The molecular formula is C29H19N3O6S. The number of nitrogens with zero attached hydrogens (tertiary/aromatic N) is 2. The molecular weight excluding hydrogens is 518 g/mol. The van der Waals surface area contributed by atoms with Gasteiger partial charge in [0.2, 0.25) is 0 Å². The molecule has 0 radical (unpaired) electrons. The van der Waals surface area contributed by atoms with Gasteiger partial charge >= 0.3 is 5.97 Å². The lowest BCUT2D eigenvalue weighted by molar-refractivity contribution is -0.115. The molecule has 3 heterocycles. The molecule has 2 aromatic carbocycles. The third-order valence-electron chi connectivity index (χ3n) is 5.71. The summed E-state index contributed by atoms with van der Waals surface area (Å²) in [6.07, 6.45) is 3.02. The van der Waals surface area contributed by atoms with Gasteiger partial charge in [0.15, 0.2) is 5.57 Å². The zero-order valence-electron chi connectivity index (χ0n) is 20.2. The van der Waals surface area contributed by atoms with Crippen molar-refractivity contribution in [2.75, 3.05) is 0 Å². The SMILES string of the molecule is N#CC(C(=O)NCc1ccco1)=c1sc(=Cc2ccc(-c3ccc(C(=O)O)cc3)o2)c(=O)n1-c1ccccc1. The second kappa shape index (κ2) is 10.9. The number of carboxylic acids is 1. The lowest BCUT2D eigenvalue weighted by Gasteiger charge is -2.04. The van der Waals surface area contributed by atoms with Crippen molar-refractivity contribution >= 4 is 34.9 Å². The van der Waals surface area contributed by atoms with Gasteiger partial charge in [0.05, 0.1) is 28.6 Å². The Bertz CT molecular complexity index is 1870. The number of furan rings is 2. The van der Waals surface area contributed by atoms with Crippen LogP contribution in [0.15, 0.2) is 98.8 Å². The Morgan fingerprint density at radius 2 is 1.79 bits per heavy atom. The molecule has 2 N–H and O–H groups in total. The quantitative estimate of drug-likeness (QED) is 0.325. The molecule has 5 rings (SSSR count). The maximum Gasteiger partial charge on any atom is 0.335 e. The Labute approximate surface area is 224 Å². The fourth-order valence-corrected chi connectivity index (χ4v) is 4.90. The molecule has 0 fully saturated rings. The standard InChI is InChI=1S/C29H19N3O6S/c30-16-23(26(33)31-17-22-7-4-14-37-22)28-32(20-5-2-1-3-6-20)27(34)25(39-28)15-21-12-13-24(38-21)18-8-10-19(11-9-18)29(35)36/h1-15H,17H2,(H,31,33)(H,35,36). The van der Waals surface area contributed by atoms with Gasteiger partial charge in [-0.15, -0.1) is 11.3 Å². The molecule has 0 aliphatic carbocycles. The van der Waals surface area contributed by atoms with Crippen molar-refractivity contribution in [3.8, 4) is 23.1 Å². The van der Waals surface area contributed by atoms with Crippen LogP contribution in [0.25, 0.3) is 28.7 Å². The number of aromatic nitrogens is 1. The molecule has 0 aliphatic heterocycles. The first-order valence-electron chi connectivity index (χ1n) is 11.6. The van der Waals surface area contributed by atoms with Crippen molar-refractivity contribution in [1.29, 1.82) is 5.26 Å². The van der Waals surface area contributed by atoms with E-state index in [1.165, 1.54) is 23.0 Å². The van der Waals surface area contributed by atoms with Crippen molar-refractivity contribution in [3.05, 3.63) is 122 Å². The zero-order valence-corrected chi connectivity index (χ0v) is 21.0. The van der Waals surface area contributed by atoms with Crippen LogP contribution in [-0.4, -0.2) is 21.6 Å². The number of para-hydroxylation sites is 1. The number of nitrogens with one attached hydrogen (secondary N) is 1. The van der Waals surface area contributed by atoms with E-state index in [1.54, 1.807) is 72.8 Å². The number of benzene rings is 2. The summed E-state index contributed by atoms with van der Waals surface area (Å²) in [5, 5.41) is 21.7. The van der Waals surface area contributed by atoms with E-state index in [-0.39, 0.29) is 26.9 Å². The minimum atomic E-state index is -1.03. The minimum absolute atomic E-state index is 0.0829. The topological polar surface area (TPSA) is 138 Å².